The Labute approximate surface area is 135 Å². The van der Waals surface area contributed by atoms with Gasteiger partial charge < -0.3 is 10.5 Å². The van der Waals surface area contributed by atoms with Crippen molar-refractivity contribution in [3.63, 3.8) is 0 Å². The van der Waals surface area contributed by atoms with Gasteiger partial charge in [0.05, 0.1) is 12.1 Å². The summed E-state index contributed by atoms with van der Waals surface area (Å²) in [5.74, 6) is 0.786. The molecule has 2 N–H and O–H groups in total. The zero-order valence-corrected chi connectivity index (χ0v) is 12.8. The molecule has 2 heterocycles. The predicted molar refractivity (Wildman–Crippen MR) is 91.2 cm³/mol. The molecule has 0 saturated carbocycles. The first-order valence-corrected chi connectivity index (χ1v) is 7.80. The lowest BCUT2D eigenvalue weighted by Gasteiger charge is -2.34. The molecule has 1 aliphatic heterocycles. The molecule has 0 aliphatic carbocycles. The van der Waals surface area contributed by atoms with Crippen molar-refractivity contribution in [1.29, 1.82) is 0 Å². The third-order valence-corrected chi connectivity index (χ3v) is 4.45. The van der Waals surface area contributed by atoms with Gasteiger partial charge in [0.15, 0.2) is 0 Å². The first-order valence-electron chi connectivity index (χ1n) is 7.80. The number of nitrogens with two attached hydrogens (primary N) is 1. The Morgan fingerprint density at radius 1 is 0.870 bits per heavy atom. The van der Waals surface area contributed by atoms with Crippen LogP contribution in [0.4, 0.5) is 0 Å². The fourth-order valence-electron chi connectivity index (χ4n) is 3.15. The maximum atomic E-state index is 6.74. The maximum absolute atomic E-state index is 6.74. The quantitative estimate of drug-likeness (QED) is 0.784. The number of nitrogens with zero attached hydrogens (tertiary/aromatic N) is 1. The second kappa shape index (κ2) is 5.52. The van der Waals surface area contributed by atoms with Gasteiger partial charge in [0.25, 0.3) is 0 Å². The molecule has 0 saturated heterocycles. The summed E-state index contributed by atoms with van der Waals surface area (Å²) in [6.45, 7) is 0.607. The average molecular weight is 302 g/mol. The molecular weight excluding hydrogens is 284 g/mol. The van der Waals surface area contributed by atoms with E-state index in [4.69, 9.17) is 10.5 Å². The number of pyridine rings is 1. The van der Waals surface area contributed by atoms with Crippen molar-refractivity contribution in [3.05, 3.63) is 84.2 Å². The highest BCUT2D eigenvalue weighted by Crippen LogP contribution is 2.38. The van der Waals surface area contributed by atoms with E-state index in [0.29, 0.717) is 6.61 Å². The normalized spacial score (nSPS) is 19.7. The Morgan fingerprint density at radius 2 is 1.61 bits per heavy atom. The van der Waals surface area contributed by atoms with Crippen LogP contribution in [0.5, 0.6) is 5.75 Å². The number of rotatable bonds is 2. The molecular formula is C20H18N2O. The number of fused-ring (bicyclic) bond motifs is 1. The number of aromatic nitrogens is 1. The van der Waals surface area contributed by atoms with Crippen molar-refractivity contribution in [2.24, 2.45) is 5.73 Å². The monoisotopic (exact) mass is 302 g/mol. The van der Waals surface area contributed by atoms with Gasteiger partial charge in [-0.25, -0.2) is 0 Å². The number of hydrogen-bond donors (Lipinski definition) is 1. The highest BCUT2D eigenvalue weighted by Gasteiger charge is 2.37. The molecule has 1 atom stereocenters. The highest BCUT2D eigenvalue weighted by molar-refractivity contribution is 5.64. The zero-order valence-electron chi connectivity index (χ0n) is 12.8. The van der Waals surface area contributed by atoms with Gasteiger partial charge in [-0.15, -0.1) is 0 Å². The molecule has 0 amide bonds. The summed E-state index contributed by atoms with van der Waals surface area (Å²) in [7, 11) is 0. The molecule has 1 aliphatic rings. The van der Waals surface area contributed by atoms with Crippen LogP contribution in [0.1, 0.15) is 17.7 Å². The molecule has 114 valence electrons. The van der Waals surface area contributed by atoms with E-state index in [1.165, 1.54) is 11.1 Å². The largest absolute Gasteiger partial charge is 0.491 e. The van der Waals surface area contributed by atoms with E-state index in [1.54, 1.807) is 6.20 Å². The van der Waals surface area contributed by atoms with Gasteiger partial charge in [-0.1, -0.05) is 54.6 Å². The van der Waals surface area contributed by atoms with E-state index >= 15 is 0 Å². The Balaban J connectivity index is 1.74. The lowest BCUT2D eigenvalue weighted by molar-refractivity contribution is 0.232. The molecule has 1 unspecified atom stereocenters. The van der Waals surface area contributed by atoms with Crippen molar-refractivity contribution >= 4 is 0 Å². The molecule has 0 radical (unpaired) electrons. The zero-order chi connectivity index (χ0) is 15.7. The number of hydrogen-bond acceptors (Lipinski definition) is 3. The predicted octanol–water partition coefficient (Wildman–Crippen LogP) is 3.73. The number of ether oxygens (including phenoxy) is 1. The van der Waals surface area contributed by atoms with Crippen LogP contribution in [0.2, 0.25) is 0 Å². The van der Waals surface area contributed by atoms with Gasteiger partial charge >= 0.3 is 0 Å². The Bertz CT molecular complexity index is 815. The molecule has 2 aromatic carbocycles. The maximum Gasteiger partial charge on any atom is 0.143 e. The van der Waals surface area contributed by atoms with Crippen molar-refractivity contribution in [2.45, 2.75) is 12.0 Å². The van der Waals surface area contributed by atoms with Crippen molar-refractivity contribution in [3.8, 4) is 16.9 Å². The van der Waals surface area contributed by atoms with Gasteiger partial charge in [0.2, 0.25) is 0 Å². The lowest BCUT2D eigenvalue weighted by atomic mass is 9.82. The minimum atomic E-state index is -0.593. The van der Waals surface area contributed by atoms with Crippen LogP contribution < -0.4 is 10.5 Å². The van der Waals surface area contributed by atoms with E-state index in [2.05, 4.69) is 41.4 Å². The smallest absolute Gasteiger partial charge is 0.143 e. The molecule has 3 aromatic rings. The topological polar surface area (TPSA) is 48.1 Å². The van der Waals surface area contributed by atoms with Crippen molar-refractivity contribution in [2.75, 3.05) is 6.61 Å². The third kappa shape index (κ3) is 2.39. The molecule has 0 bridgehead atoms. The van der Waals surface area contributed by atoms with E-state index in [1.807, 2.05) is 30.3 Å². The summed E-state index contributed by atoms with van der Waals surface area (Å²) >= 11 is 0. The van der Waals surface area contributed by atoms with Gasteiger partial charge in [0, 0.05) is 12.6 Å². The SMILES string of the molecule is NC1(c2ccc(-c3ccccc3)cc2)CCOc2cccnc21. The van der Waals surface area contributed by atoms with Crippen LogP contribution in [-0.4, -0.2) is 11.6 Å². The minimum absolute atomic E-state index is 0.593. The Morgan fingerprint density at radius 3 is 2.39 bits per heavy atom. The van der Waals surface area contributed by atoms with E-state index in [-0.39, 0.29) is 0 Å². The third-order valence-electron chi connectivity index (χ3n) is 4.45. The summed E-state index contributed by atoms with van der Waals surface area (Å²) in [6, 6.07) is 22.6. The molecule has 0 fully saturated rings. The molecule has 23 heavy (non-hydrogen) atoms. The van der Waals surface area contributed by atoms with Crippen LogP contribution in [0.15, 0.2) is 72.9 Å². The van der Waals surface area contributed by atoms with Crippen LogP contribution >= 0.6 is 0 Å². The summed E-state index contributed by atoms with van der Waals surface area (Å²) in [5.41, 5.74) is 10.4. The Kier molecular flexibility index (Phi) is 3.36. The van der Waals surface area contributed by atoms with Crippen LogP contribution in [0, 0.1) is 0 Å². The summed E-state index contributed by atoms with van der Waals surface area (Å²) in [6.07, 6.45) is 2.50. The highest BCUT2D eigenvalue weighted by atomic mass is 16.5. The molecule has 1 aromatic heterocycles. The fourth-order valence-corrected chi connectivity index (χ4v) is 3.15. The fraction of sp³-hybridized carbons (Fsp3) is 0.150. The van der Waals surface area contributed by atoms with Crippen molar-refractivity contribution in [1.82, 2.24) is 4.98 Å². The van der Waals surface area contributed by atoms with E-state index in [9.17, 15) is 0 Å². The minimum Gasteiger partial charge on any atom is -0.491 e. The second-order valence-electron chi connectivity index (χ2n) is 5.86. The van der Waals surface area contributed by atoms with E-state index in [0.717, 1.165) is 23.4 Å². The first-order chi connectivity index (χ1) is 11.3. The van der Waals surface area contributed by atoms with Crippen LogP contribution in [0.25, 0.3) is 11.1 Å². The Hall–Kier alpha value is -2.65. The second-order valence-corrected chi connectivity index (χ2v) is 5.86. The summed E-state index contributed by atoms with van der Waals surface area (Å²) in [5, 5.41) is 0. The van der Waals surface area contributed by atoms with Gasteiger partial charge in [-0.2, -0.15) is 0 Å². The van der Waals surface area contributed by atoms with Gasteiger partial charge in [-0.05, 0) is 28.8 Å². The lowest BCUT2D eigenvalue weighted by Crippen LogP contribution is -2.43. The van der Waals surface area contributed by atoms with Gasteiger partial charge in [-0.3, -0.25) is 4.98 Å². The molecule has 3 heteroatoms. The summed E-state index contributed by atoms with van der Waals surface area (Å²) in [4.78, 5) is 4.48. The van der Waals surface area contributed by atoms with E-state index < -0.39 is 5.54 Å². The molecule has 3 nitrogen and oxygen atoms in total. The standard InChI is InChI=1S/C20H18N2O/c21-20(12-14-23-18-7-4-13-22-19(18)20)17-10-8-16(9-11-17)15-5-2-1-3-6-15/h1-11,13H,12,14,21H2. The van der Waals surface area contributed by atoms with Crippen LogP contribution in [-0.2, 0) is 5.54 Å². The summed E-state index contributed by atoms with van der Waals surface area (Å²) < 4.78 is 5.69. The van der Waals surface area contributed by atoms with Crippen molar-refractivity contribution < 1.29 is 4.74 Å². The first kappa shape index (κ1) is 14.0. The molecule has 0 spiro atoms. The average Bonchev–Trinajstić information content (AvgIpc) is 2.63. The molecule has 4 rings (SSSR count). The van der Waals surface area contributed by atoms with Gasteiger partial charge in [0.1, 0.15) is 11.4 Å². The number of benzene rings is 2. The van der Waals surface area contributed by atoms with Crippen LogP contribution in [0.3, 0.4) is 0 Å².